The predicted octanol–water partition coefficient (Wildman–Crippen LogP) is 4.46. The lowest BCUT2D eigenvalue weighted by molar-refractivity contribution is -0.133. The zero-order valence-electron chi connectivity index (χ0n) is 18.3. The summed E-state index contributed by atoms with van der Waals surface area (Å²) in [5.41, 5.74) is 0.521. The van der Waals surface area contributed by atoms with Crippen LogP contribution in [0.3, 0.4) is 0 Å². The lowest BCUT2D eigenvalue weighted by Crippen LogP contribution is -2.65. The zero-order valence-corrected chi connectivity index (χ0v) is 18.3. The molecule has 0 radical (unpaired) electrons. The van der Waals surface area contributed by atoms with Crippen molar-refractivity contribution in [2.24, 2.45) is 5.92 Å². The summed E-state index contributed by atoms with van der Waals surface area (Å²) < 4.78 is 7.54. The number of amides is 2. The third-order valence-electron chi connectivity index (χ3n) is 6.64. The van der Waals surface area contributed by atoms with Gasteiger partial charge in [0.2, 0.25) is 5.91 Å². The number of nitrogens with zero attached hydrogens (tertiary/aromatic N) is 2. The van der Waals surface area contributed by atoms with Crippen molar-refractivity contribution in [3.8, 4) is 11.5 Å². The van der Waals surface area contributed by atoms with E-state index in [0.29, 0.717) is 30.5 Å². The van der Waals surface area contributed by atoms with Crippen molar-refractivity contribution in [3.63, 3.8) is 0 Å². The van der Waals surface area contributed by atoms with Gasteiger partial charge in [-0.1, -0.05) is 33.1 Å². The molecule has 1 aliphatic heterocycles. The maximum absolute atomic E-state index is 13.6. The van der Waals surface area contributed by atoms with E-state index in [1.807, 2.05) is 35.8 Å². The fourth-order valence-corrected chi connectivity index (χ4v) is 4.74. The van der Waals surface area contributed by atoms with Crippen LogP contribution in [0, 0.1) is 5.92 Å². The first kappa shape index (κ1) is 20.8. The Morgan fingerprint density at radius 3 is 2.60 bits per heavy atom. The molecule has 6 nitrogen and oxygen atoms in total. The summed E-state index contributed by atoms with van der Waals surface area (Å²) >= 11 is 0. The lowest BCUT2D eigenvalue weighted by atomic mass is 9.91. The molecule has 1 fully saturated rings. The molecular formula is C24H33N3O3. The van der Waals surface area contributed by atoms with Gasteiger partial charge >= 0.3 is 0 Å². The van der Waals surface area contributed by atoms with Crippen LogP contribution in [0.1, 0.15) is 69.8 Å². The van der Waals surface area contributed by atoms with E-state index in [1.54, 1.807) is 11.2 Å². The number of carbonyl (C=O) groups excluding carboxylic acids is 2. The van der Waals surface area contributed by atoms with Crippen LogP contribution in [0.2, 0.25) is 0 Å². The summed E-state index contributed by atoms with van der Waals surface area (Å²) in [5.74, 6) is 1.04. The molecule has 0 bridgehead atoms. The molecule has 3 heterocycles. The monoisotopic (exact) mass is 411 g/mol. The van der Waals surface area contributed by atoms with E-state index in [1.165, 1.54) is 6.42 Å². The molecule has 0 aromatic carbocycles. The van der Waals surface area contributed by atoms with E-state index >= 15 is 0 Å². The van der Waals surface area contributed by atoms with Crippen molar-refractivity contribution < 1.29 is 14.0 Å². The molecule has 0 unspecified atom stereocenters. The molecule has 1 saturated carbocycles. The zero-order chi connectivity index (χ0) is 21.3. The Labute approximate surface area is 178 Å². The van der Waals surface area contributed by atoms with Crippen LogP contribution in [0.25, 0.3) is 11.5 Å². The Morgan fingerprint density at radius 2 is 1.93 bits per heavy atom. The predicted molar refractivity (Wildman–Crippen MR) is 116 cm³/mol. The minimum absolute atomic E-state index is 0.0451. The second kappa shape index (κ2) is 8.32. The Hall–Kier alpha value is -2.50. The topological polar surface area (TPSA) is 67.5 Å². The Bertz CT molecular complexity index is 893. The van der Waals surface area contributed by atoms with Crippen molar-refractivity contribution in [3.05, 3.63) is 36.2 Å². The Kier molecular flexibility index (Phi) is 5.76. The van der Waals surface area contributed by atoms with Gasteiger partial charge in [0.05, 0.1) is 18.5 Å². The first-order chi connectivity index (χ1) is 14.4. The maximum atomic E-state index is 13.6. The quantitative estimate of drug-likeness (QED) is 0.763. The number of carbonyl (C=O) groups is 2. The molecule has 6 heteroatoms. The number of hydrogen-bond acceptors (Lipinski definition) is 3. The third-order valence-corrected chi connectivity index (χ3v) is 6.64. The van der Waals surface area contributed by atoms with E-state index in [4.69, 9.17) is 4.42 Å². The number of furan rings is 1. The minimum Gasteiger partial charge on any atom is -0.463 e. The summed E-state index contributed by atoms with van der Waals surface area (Å²) in [7, 11) is 0. The van der Waals surface area contributed by atoms with Gasteiger partial charge in [-0.05, 0) is 56.4 Å². The molecule has 2 aliphatic rings. The molecule has 0 saturated heterocycles. The van der Waals surface area contributed by atoms with E-state index in [9.17, 15) is 9.59 Å². The van der Waals surface area contributed by atoms with Gasteiger partial charge in [-0.25, -0.2) is 0 Å². The van der Waals surface area contributed by atoms with Gasteiger partial charge < -0.3 is 19.2 Å². The normalized spacial score (nSPS) is 22.4. The molecule has 2 aromatic heterocycles. The summed E-state index contributed by atoms with van der Waals surface area (Å²) in [4.78, 5) is 28.9. The summed E-state index contributed by atoms with van der Waals surface area (Å²) in [6.07, 6.45) is 8.09. The fourth-order valence-electron chi connectivity index (χ4n) is 4.74. The van der Waals surface area contributed by atoms with Crippen LogP contribution in [-0.2, 0) is 11.3 Å². The molecule has 1 N–H and O–H groups in total. The van der Waals surface area contributed by atoms with Gasteiger partial charge in [-0.2, -0.15) is 0 Å². The number of aromatic nitrogens is 1. The van der Waals surface area contributed by atoms with Crippen molar-refractivity contribution >= 4 is 11.8 Å². The van der Waals surface area contributed by atoms with Gasteiger partial charge in [0.1, 0.15) is 17.0 Å². The van der Waals surface area contributed by atoms with Gasteiger partial charge in [0.25, 0.3) is 5.91 Å². The van der Waals surface area contributed by atoms with Crippen LogP contribution in [0.15, 0.2) is 34.9 Å². The molecular weight excluding hydrogens is 378 g/mol. The standard InChI is InChI=1S/C24H33N3O3/c1-17(2)13-14-27-22(28)20-12-11-19(21-10-7-15-30-21)26(20)16-24(27,3)23(29)25-18-8-5-4-6-9-18/h7,10-12,15,17-18H,4-6,8-9,13-14,16H2,1-3H3,(H,25,29)/t24-/m1/s1. The molecule has 4 rings (SSSR count). The second-order valence-corrected chi connectivity index (χ2v) is 9.39. The second-order valence-electron chi connectivity index (χ2n) is 9.39. The highest BCUT2D eigenvalue weighted by Gasteiger charge is 2.48. The summed E-state index contributed by atoms with van der Waals surface area (Å²) in [6.45, 7) is 7.20. The van der Waals surface area contributed by atoms with E-state index in [-0.39, 0.29) is 17.9 Å². The lowest BCUT2D eigenvalue weighted by Gasteiger charge is -2.45. The number of nitrogens with one attached hydrogen (secondary N) is 1. The highest BCUT2D eigenvalue weighted by molar-refractivity contribution is 6.00. The highest BCUT2D eigenvalue weighted by Crippen LogP contribution is 2.34. The van der Waals surface area contributed by atoms with Crippen molar-refractivity contribution in [1.29, 1.82) is 0 Å². The first-order valence-corrected chi connectivity index (χ1v) is 11.3. The van der Waals surface area contributed by atoms with Gasteiger partial charge in [0.15, 0.2) is 0 Å². The van der Waals surface area contributed by atoms with Crippen LogP contribution in [-0.4, -0.2) is 39.4 Å². The molecule has 162 valence electrons. The average molecular weight is 412 g/mol. The van der Waals surface area contributed by atoms with Crippen LogP contribution in [0.5, 0.6) is 0 Å². The van der Waals surface area contributed by atoms with Crippen molar-refractivity contribution in [2.75, 3.05) is 6.54 Å². The van der Waals surface area contributed by atoms with E-state index in [0.717, 1.165) is 37.8 Å². The molecule has 2 amide bonds. The van der Waals surface area contributed by atoms with E-state index < -0.39 is 5.54 Å². The number of fused-ring (bicyclic) bond motifs is 1. The smallest absolute Gasteiger partial charge is 0.271 e. The Balaban J connectivity index is 1.68. The fraction of sp³-hybridized carbons (Fsp3) is 0.583. The van der Waals surface area contributed by atoms with Crippen LogP contribution < -0.4 is 5.32 Å². The Morgan fingerprint density at radius 1 is 1.20 bits per heavy atom. The van der Waals surface area contributed by atoms with Crippen molar-refractivity contribution in [1.82, 2.24) is 14.8 Å². The average Bonchev–Trinajstić information content (AvgIpc) is 3.38. The van der Waals surface area contributed by atoms with Crippen molar-refractivity contribution in [2.45, 2.75) is 77.4 Å². The largest absolute Gasteiger partial charge is 0.463 e. The maximum Gasteiger partial charge on any atom is 0.271 e. The van der Waals surface area contributed by atoms with Crippen LogP contribution in [0.4, 0.5) is 0 Å². The minimum atomic E-state index is -0.934. The number of hydrogen-bond donors (Lipinski definition) is 1. The third kappa shape index (κ3) is 3.80. The van der Waals surface area contributed by atoms with Gasteiger partial charge in [0, 0.05) is 12.6 Å². The molecule has 1 aliphatic carbocycles. The molecule has 30 heavy (non-hydrogen) atoms. The molecule has 2 aromatic rings. The van der Waals surface area contributed by atoms with Gasteiger partial charge in [-0.15, -0.1) is 0 Å². The highest BCUT2D eigenvalue weighted by atomic mass is 16.3. The summed E-state index contributed by atoms with van der Waals surface area (Å²) in [5, 5.41) is 3.27. The molecule has 0 spiro atoms. The SMILES string of the molecule is CC(C)CCN1C(=O)c2ccc(-c3ccco3)n2C[C@]1(C)C(=O)NC1CCCCC1. The van der Waals surface area contributed by atoms with Gasteiger partial charge in [-0.3, -0.25) is 9.59 Å². The first-order valence-electron chi connectivity index (χ1n) is 11.3. The van der Waals surface area contributed by atoms with E-state index in [2.05, 4.69) is 19.2 Å². The summed E-state index contributed by atoms with van der Waals surface area (Å²) in [6, 6.07) is 7.70. The van der Waals surface area contributed by atoms with Crippen LogP contribution >= 0.6 is 0 Å². The molecule has 1 atom stereocenters. The number of rotatable bonds is 6.